The van der Waals surface area contributed by atoms with Gasteiger partial charge in [-0.15, -0.1) is 0 Å². The van der Waals surface area contributed by atoms with Crippen molar-refractivity contribution < 1.29 is 23.9 Å². The smallest absolute Gasteiger partial charge is 0.408 e. The van der Waals surface area contributed by atoms with Gasteiger partial charge >= 0.3 is 6.09 Å². The van der Waals surface area contributed by atoms with E-state index in [1.54, 1.807) is 20.8 Å². The normalized spacial score (nSPS) is 12.9. The van der Waals surface area contributed by atoms with Crippen LogP contribution in [0.25, 0.3) is 0 Å². The number of nitrogens with zero attached hydrogens (tertiary/aromatic N) is 1. The van der Waals surface area contributed by atoms with Crippen molar-refractivity contribution in [2.75, 3.05) is 13.1 Å². The second-order valence-electron chi connectivity index (χ2n) is 10.2. The second-order valence-corrected chi connectivity index (χ2v) is 10.2. The highest BCUT2D eigenvalue weighted by Gasteiger charge is 2.36. The maximum Gasteiger partial charge on any atom is 0.408 e. The van der Waals surface area contributed by atoms with E-state index in [9.17, 15) is 19.2 Å². The molecule has 0 saturated heterocycles. The number of amides is 4. The SMILES string of the molecule is CCCCNC(=O)C(c1cc(C)cc(C)c1)N(CCCC)C(=O)C(CC(N)=O)NC(=O)OC(C)(C)C. The minimum atomic E-state index is -1.27. The quantitative estimate of drug-likeness (QED) is 0.353. The number of aryl methyl sites for hydroxylation is 2. The number of ether oxygens (including phenoxy) is 1. The summed E-state index contributed by atoms with van der Waals surface area (Å²) in [5, 5.41) is 5.44. The molecule has 0 heterocycles. The number of unbranched alkanes of at least 4 members (excludes halogenated alkanes) is 2. The highest BCUT2D eigenvalue weighted by atomic mass is 16.6. The van der Waals surface area contributed by atoms with Crippen molar-refractivity contribution in [3.05, 3.63) is 34.9 Å². The van der Waals surface area contributed by atoms with E-state index >= 15 is 0 Å². The molecule has 0 saturated carbocycles. The Labute approximate surface area is 215 Å². The molecule has 1 aromatic rings. The molecule has 0 aromatic heterocycles. The first kappa shape index (κ1) is 30.9. The molecule has 0 aliphatic carbocycles. The Hall–Kier alpha value is -3.10. The summed E-state index contributed by atoms with van der Waals surface area (Å²) in [5.41, 5.74) is 7.21. The maximum absolute atomic E-state index is 13.9. The third-order valence-corrected chi connectivity index (χ3v) is 5.38. The van der Waals surface area contributed by atoms with Crippen LogP contribution in [0.4, 0.5) is 4.79 Å². The molecule has 0 radical (unpaired) electrons. The fourth-order valence-electron chi connectivity index (χ4n) is 3.87. The number of carbonyl (C=O) groups is 4. The number of nitrogens with one attached hydrogen (secondary N) is 2. The summed E-state index contributed by atoms with van der Waals surface area (Å²) in [5.74, 6) is -1.63. The number of primary amides is 1. The second kappa shape index (κ2) is 14.5. The molecule has 4 N–H and O–H groups in total. The van der Waals surface area contributed by atoms with Gasteiger partial charge in [0.15, 0.2) is 0 Å². The molecule has 1 aromatic carbocycles. The Morgan fingerprint density at radius 2 is 1.58 bits per heavy atom. The first-order chi connectivity index (χ1) is 16.8. The van der Waals surface area contributed by atoms with Crippen LogP contribution in [0.5, 0.6) is 0 Å². The van der Waals surface area contributed by atoms with Crippen molar-refractivity contribution in [3.63, 3.8) is 0 Å². The third kappa shape index (κ3) is 10.7. The minimum Gasteiger partial charge on any atom is -0.444 e. The molecular weight excluding hydrogens is 460 g/mol. The number of hydrogen-bond acceptors (Lipinski definition) is 5. The predicted molar refractivity (Wildman–Crippen MR) is 140 cm³/mol. The summed E-state index contributed by atoms with van der Waals surface area (Å²) in [6, 6.07) is 3.55. The van der Waals surface area contributed by atoms with E-state index in [2.05, 4.69) is 10.6 Å². The zero-order valence-corrected chi connectivity index (χ0v) is 22.9. The Morgan fingerprint density at radius 3 is 2.08 bits per heavy atom. The standard InChI is InChI=1S/C27H44N4O5/c1-8-10-12-29-24(33)23(20-15-18(3)14-19(4)16-20)31(13-11-9-2)25(34)21(17-22(28)32)30-26(35)36-27(5,6)7/h14-16,21,23H,8-13,17H2,1-7H3,(H2,28,32)(H,29,33)(H,30,35). The molecule has 9 nitrogen and oxygen atoms in total. The van der Waals surface area contributed by atoms with E-state index in [0.717, 1.165) is 30.4 Å². The first-order valence-electron chi connectivity index (χ1n) is 12.7. The van der Waals surface area contributed by atoms with Gasteiger partial charge in [0.1, 0.15) is 17.7 Å². The average molecular weight is 505 g/mol. The number of alkyl carbamates (subject to hydrolysis) is 1. The molecule has 36 heavy (non-hydrogen) atoms. The van der Waals surface area contributed by atoms with Crippen LogP contribution in [-0.4, -0.2) is 53.4 Å². The van der Waals surface area contributed by atoms with E-state index in [4.69, 9.17) is 10.5 Å². The van der Waals surface area contributed by atoms with Gasteiger partial charge in [0.2, 0.25) is 17.7 Å². The van der Waals surface area contributed by atoms with Crippen LogP contribution >= 0.6 is 0 Å². The van der Waals surface area contributed by atoms with E-state index in [1.807, 2.05) is 45.9 Å². The summed E-state index contributed by atoms with van der Waals surface area (Å²) in [6.07, 6.45) is 1.86. The zero-order chi connectivity index (χ0) is 27.5. The van der Waals surface area contributed by atoms with Crippen molar-refractivity contribution in [1.29, 1.82) is 0 Å². The minimum absolute atomic E-state index is 0.263. The van der Waals surface area contributed by atoms with Crippen LogP contribution in [0, 0.1) is 13.8 Å². The van der Waals surface area contributed by atoms with Crippen molar-refractivity contribution in [3.8, 4) is 0 Å². The lowest BCUT2D eigenvalue weighted by Gasteiger charge is -2.34. The van der Waals surface area contributed by atoms with Gasteiger partial charge in [0.05, 0.1) is 6.42 Å². The van der Waals surface area contributed by atoms with Crippen LogP contribution in [0.1, 0.15) is 89.5 Å². The molecule has 2 atom stereocenters. The number of hydrogen-bond donors (Lipinski definition) is 3. The molecule has 1 rings (SSSR count). The van der Waals surface area contributed by atoms with E-state index in [0.29, 0.717) is 18.5 Å². The monoisotopic (exact) mass is 504 g/mol. The largest absolute Gasteiger partial charge is 0.444 e. The molecule has 2 unspecified atom stereocenters. The highest BCUT2D eigenvalue weighted by molar-refractivity contribution is 5.94. The topological polar surface area (TPSA) is 131 Å². The van der Waals surface area contributed by atoms with Crippen LogP contribution < -0.4 is 16.4 Å². The third-order valence-electron chi connectivity index (χ3n) is 5.38. The maximum atomic E-state index is 13.9. The summed E-state index contributed by atoms with van der Waals surface area (Å²) in [4.78, 5) is 53.1. The number of nitrogens with two attached hydrogens (primary N) is 1. The lowest BCUT2D eigenvalue weighted by Crippen LogP contribution is -2.54. The fourth-order valence-corrected chi connectivity index (χ4v) is 3.87. The van der Waals surface area contributed by atoms with Gasteiger partial charge < -0.3 is 26.0 Å². The Kier molecular flexibility index (Phi) is 12.4. The van der Waals surface area contributed by atoms with Crippen molar-refractivity contribution >= 4 is 23.8 Å². The Bertz CT molecular complexity index is 890. The molecule has 4 amide bonds. The molecule has 0 fully saturated rings. The van der Waals surface area contributed by atoms with E-state index < -0.39 is 42.0 Å². The molecular formula is C27H44N4O5. The van der Waals surface area contributed by atoms with Crippen molar-refractivity contribution in [2.45, 2.75) is 98.3 Å². The molecule has 0 bridgehead atoms. The average Bonchev–Trinajstić information content (AvgIpc) is 2.73. The fraction of sp³-hybridized carbons (Fsp3) is 0.630. The van der Waals surface area contributed by atoms with Gasteiger partial charge in [-0.3, -0.25) is 14.4 Å². The predicted octanol–water partition coefficient (Wildman–Crippen LogP) is 3.66. The lowest BCUT2D eigenvalue weighted by atomic mass is 9.97. The van der Waals surface area contributed by atoms with Crippen LogP contribution in [-0.2, 0) is 19.1 Å². The molecule has 202 valence electrons. The van der Waals surface area contributed by atoms with Crippen LogP contribution in [0.2, 0.25) is 0 Å². The molecule has 9 heteroatoms. The van der Waals surface area contributed by atoms with Gasteiger partial charge in [0.25, 0.3) is 0 Å². The van der Waals surface area contributed by atoms with Gasteiger partial charge in [0, 0.05) is 13.1 Å². The number of benzene rings is 1. The Balaban J connectivity index is 3.49. The molecule has 0 aliphatic rings. The van der Waals surface area contributed by atoms with Crippen LogP contribution in [0.3, 0.4) is 0 Å². The van der Waals surface area contributed by atoms with Gasteiger partial charge in [-0.05, 0) is 53.0 Å². The number of carbonyl (C=O) groups excluding carboxylic acids is 4. The summed E-state index contributed by atoms with van der Waals surface area (Å²) in [7, 11) is 0. The van der Waals surface area contributed by atoms with Crippen molar-refractivity contribution in [2.24, 2.45) is 5.73 Å². The van der Waals surface area contributed by atoms with Gasteiger partial charge in [-0.1, -0.05) is 56.0 Å². The van der Waals surface area contributed by atoms with Crippen LogP contribution in [0.15, 0.2) is 18.2 Å². The van der Waals surface area contributed by atoms with Gasteiger partial charge in [-0.25, -0.2) is 4.79 Å². The van der Waals surface area contributed by atoms with E-state index in [1.165, 1.54) is 4.90 Å². The Morgan fingerprint density at radius 1 is 1.00 bits per heavy atom. The molecule has 0 spiro atoms. The van der Waals surface area contributed by atoms with Gasteiger partial charge in [-0.2, -0.15) is 0 Å². The van der Waals surface area contributed by atoms with E-state index in [-0.39, 0.29) is 12.5 Å². The summed E-state index contributed by atoms with van der Waals surface area (Å²) >= 11 is 0. The highest BCUT2D eigenvalue weighted by Crippen LogP contribution is 2.26. The summed E-state index contributed by atoms with van der Waals surface area (Å²) < 4.78 is 5.30. The van der Waals surface area contributed by atoms with Crippen molar-refractivity contribution in [1.82, 2.24) is 15.5 Å². The summed E-state index contributed by atoms with van der Waals surface area (Å²) in [6.45, 7) is 13.7. The zero-order valence-electron chi connectivity index (χ0n) is 22.9. The first-order valence-corrected chi connectivity index (χ1v) is 12.7. The number of rotatable bonds is 13. The molecule has 0 aliphatic heterocycles. The lowest BCUT2D eigenvalue weighted by molar-refractivity contribution is -0.143.